The molecule has 0 aliphatic carbocycles. The molecular weight excluding hydrogens is 230 g/mol. The van der Waals surface area contributed by atoms with E-state index in [1.165, 1.54) is 0 Å². The third-order valence-electron chi connectivity index (χ3n) is 2.93. The van der Waals surface area contributed by atoms with Gasteiger partial charge in [0.1, 0.15) is 6.10 Å². The van der Waals surface area contributed by atoms with Crippen molar-refractivity contribution >= 4 is 5.91 Å². The third-order valence-corrected chi connectivity index (χ3v) is 2.93. The molecule has 0 aromatic carbocycles. The van der Waals surface area contributed by atoms with E-state index < -0.39 is 0 Å². The zero-order valence-electron chi connectivity index (χ0n) is 12.1. The summed E-state index contributed by atoms with van der Waals surface area (Å²) in [5.41, 5.74) is 0. The Balaban J connectivity index is 4.65. The number of ether oxygens (including phenoxy) is 2. The highest BCUT2D eigenvalue weighted by Gasteiger charge is 2.24. The van der Waals surface area contributed by atoms with E-state index in [2.05, 4.69) is 5.92 Å². The molecule has 2 unspecified atom stereocenters. The first-order chi connectivity index (χ1) is 8.47. The largest absolute Gasteiger partial charge is 0.379 e. The molecule has 0 spiro atoms. The number of methoxy groups -OCH3 is 2. The number of amides is 1. The highest BCUT2D eigenvalue weighted by molar-refractivity contribution is 5.78. The Bertz CT molecular complexity index is 283. The molecule has 0 aliphatic rings. The fraction of sp³-hybridized carbons (Fsp3) is 0.786. The molecule has 0 fully saturated rings. The second-order valence-corrected chi connectivity index (χ2v) is 4.61. The number of hydrogen-bond donors (Lipinski definition) is 0. The number of carbonyl (C=O) groups is 1. The highest BCUT2D eigenvalue weighted by atomic mass is 16.5. The Labute approximate surface area is 111 Å². The summed E-state index contributed by atoms with van der Waals surface area (Å²) in [4.78, 5) is 13.8. The molecule has 0 radical (unpaired) electrons. The van der Waals surface area contributed by atoms with Gasteiger partial charge in [0.25, 0.3) is 0 Å². The zero-order chi connectivity index (χ0) is 14.1. The minimum absolute atomic E-state index is 0.0434. The van der Waals surface area contributed by atoms with Crippen LogP contribution in [0.5, 0.6) is 0 Å². The molecule has 0 aliphatic heterocycles. The molecule has 0 bridgehead atoms. The van der Waals surface area contributed by atoms with Crippen LogP contribution in [0.1, 0.15) is 27.2 Å². The Kier molecular flexibility index (Phi) is 8.43. The highest BCUT2D eigenvalue weighted by Crippen LogP contribution is 2.09. The standard InChI is InChI=1S/C14H25NO3/c1-7-8-9-15(14(16)11(2)3)10-13(18-6)12(4)17-5/h1,11-13H,8-10H2,2-6H3. The third kappa shape index (κ3) is 5.52. The fourth-order valence-corrected chi connectivity index (χ4v) is 1.64. The maximum absolute atomic E-state index is 12.1. The fourth-order valence-electron chi connectivity index (χ4n) is 1.64. The number of carbonyl (C=O) groups excluding carboxylic acids is 1. The lowest BCUT2D eigenvalue weighted by Gasteiger charge is -2.30. The molecule has 0 aromatic heterocycles. The van der Waals surface area contributed by atoms with Gasteiger partial charge < -0.3 is 14.4 Å². The van der Waals surface area contributed by atoms with Crippen LogP contribution in [0.3, 0.4) is 0 Å². The Morgan fingerprint density at radius 3 is 2.28 bits per heavy atom. The molecule has 4 nitrogen and oxygen atoms in total. The van der Waals surface area contributed by atoms with Crippen molar-refractivity contribution < 1.29 is 14.3 Å². The van der Waals surface area contributed by atoms with Crippen molar-refractivity contribution in [2.75, 3.05) is 27.3 Å². The van der Waals surface area contributed by atoms with Gasteiger partial charge >= 0.3 is 0 Å². The summed E-state index contributed by atoms with van der Waals surface area (Å²) in [6.07, 6.45) is 5.60. The summed E-state index contributed by atoms with van der Waals surface area (Å²) in [7, 11) is 3.26. The van der Waals surface area contributed by atoms with Gasteiger partial charge in [0.2, 0.25) is 5.91 Å². The van der Waals surface area contributed by atoms with Crippen LogP contribution in [0.15, 0.2) is 0 Å². The van der Waals surface area contributed by atoms with E-state index in [9.17, 15) is 4.79 Å². The van der Waals surface area contributed by atoms with Gasteiger partial charge in [0.05, 0.1) is 6.10 Å². The van der Waals surface area contributed by atoms with E-state index in [1.54, 1.807) is 19.1 Å². The lowest BCUT2D eigenvalue weighted by Crippen LogP contribution is -2.44. The topological polar surface area (TPSA) is 38.8 Å². The van der Waals surface area contributed by atoms with E-state index in [0.29, 0.717) is 19.5 Å². The average molecular weight is 255 g/mol. The van der Waals surface area contributed by atoms with Gasteiger partial charge in [-0.2, -0.15) is 0 Å². The van der Waals surface area contributed by atoms with Crippen LogP contribution >= 0.6 is 0 Å². The molecule has 0 saturated carbocycles. The summed E-state index contributed by atoms with van der Waals surface area (Å²) in [5, 5.41) is 0. The Hall–Kier alpha value is -1.05. The van der Waals surface area contributed by atoms with Gasteiger partial charge in [-0.1, -0.05) is 13.8 Å². The zero-order valence-corrected chi connectivity index (χ0v) is 12.1. The van der Waals surface area contributed by atoms with Crippen molar-refractivity contribution in [3.63, 3.8) is 0 Å². The van der Waals surface area contributed by atoms with Crippen LogP contribution in [0.2, 0.25) is 0 Å². The molecule has 4 heteroatoms. The van der Waals surface area contributed by atoms with E-state index >= 15 is 0 Å². The summed E-state index contributed by atoms with van der Waals surface area (Å²) < 4.78 is 10.6. The van der Waals surface area contributed by atoms with Crippen LogP contribution in [-0.2, 0) is 14.3 Å². The van der Waals surface area contributed by atoms with Crippen molar-refractivity contribution in [1.82, 2.24) is 4.90 Å². The van der Waals surface area contributed by atoms with E-state index in [1.807, 2.05) is 20.8 Å². The SMILES string of the molecule is C#CCCN(CC(OC)C(C)OC)C(=O)C(C)C. The molecule has 0 heterocycles. The van der Waals surface area contributed by atoms with E-state index in [0.717, 1.165) is 0 Å². The number of rotatable bonds is 8. The van der Waals surface area contributed by atoms with Crippen molar-refractivity contribution in [3.05, 3.63) is 0 Å². The minimum atomic E-state index is -0.143. The Morgan fingerprint density at radius 1 is 1.28 bits per heavy atom. The number of terminal acetylenes is 1. The second kappa shape index (κ2) is 8.96. The minimum Gasteiger partial charge on any atom is -0.379 e. The molecule has 18 heavy (non-hydrogen) atoms. The van der Waals surface area contributed by atoms with Crippen LogP contribution in [0.25, 0.3) is 0 Å². The predicted molar refractivity (Wildman–Crippen MR) is 72.1 cm³/mol. The first kappa shape index (κ1) is 16.9. The molecule has 0 saturated heterocycles. The summed E-state index contributed by atoms with van der Waals surface area (Å²) in [5.74, 6) is 2.61. The van der Waals surface area contributed by atoms with Crippen molar-refractivity contribution in [2.24, 2.45) is 5.92 Å². The molecule has 0 rings (SSSR count). The maximum Gasteiger partial charge on any atom is 0.225 e. The first-order valence-electron chi connectivity index (χ1n) is 6.25. The van der Waals surface area contributed by atoms with Gasteiger partial charge in [-0.25, -0.2) is 0 Å². The lowest BCUT2D eigenvalue weighted by molar-refractivity contribution is -0.137. The number of nitrogens with zero attached hydrogens (tertiary/aromatic N) is 1. The molecule has 104 valence electrons. The molecule has 2 atom stereocenters. The van der Waals surface area contributed by atoms with Gasteiger partial charge in [-0.15, -0.1) is 12.3 Å². The Morgan fingerprint density at radius 2 is 1.89 bits per heavy atom. The van der Waals surface area contributed by atoms with E-state index in [4.69, 9.17) is 15.9 Å². The second-order valence-electron chi connectivity index (χ2n) is 4.61. The van der Waals surface area contributed by atoms with Crippen LogP contribution in [0, 0.1) is 18.3 Å². The summed E-state index contributed by atoms with van der Waals surface area (Å²) in [6.45, 7) is 6.75. The van der Waals surface area contributed by atoms with Crippen molar-refractivity contribution in [2.45, 2.75) is 39.4 Å². The van der Waals surface area contributed by atoms with Crippen LogP contribution in [0.4, 0.5) is 0 Å². The maximum atomic E-state index is 12.1. The smallest absolute Gasteiger partial charge is 0.225 e. The van der Waals surface area contributed by atoms with Crippen LogP contribution in [-0.4, -0.2) is 50.3 Å². The van der Waals surface area contributed by atoms with Gasteiger partial charge in [0, 0.05) is 39.6 Å². The number of hydrogen-bond acceptors (Lipinski definition) is 3. The molecule has 0 N–H and O–H groups in total. The normalized spacial score (nSPS) is 14.1. The van der Waals surface area contributed by atoms with Crippen LogP contribution < -0.4 is 0 Å². The quantitative estimate of drug-likeness (QED) is 0.618. The van der Waals surface area contributed by atoms with Crippen molar-refractivity contribution in [1.29, 1.82) is 0 Å². The van der Waals surface area contributed by atoms with Gasteiger partial charge in [-0.3, -0.25) is 4.79 Å². The summed E-state index contributed by atoms with van der Waals surface area (Å²) in [6, 6.07) is 0. The predicted octanol–water partition coefficient (Wildman–Crippen LogP) is 1.54. The monoisotopic (exact) mass is 255 g/mol. The van der Waals surface area contributed by atoms with E-state index in [-0.39, 0.29) is 24.0 Å². The first-order valence-corrected chi connectivity index (χ1v) is 6.25. The van der Waals surface area contributed by atoms with Crippen molar-refractivity contribution in [3.8, 4) is 12.3 Å². The molecular formula is C14H25NO3. The average Bonchev–Trinajstić information content (AvgIpc) is 2.37. The molecule has 1 amide bonds. The lowest BCUT2D eigenvalue weighted by atomic mass is 10.1. The van der Waals surface area contributed by atoms with Gasteiger partial charge in [-0.05, 0) is 6.92 Å². The molecule has 0 aromatic rings. The van der Waals surface area contributed by atoms with Gasteiger partial charge in [0.15, 0.2) is 0 Å². The summed E-state index contributed by atoms with van der Waals surface area (Å²) >= 11 is 0.